The quantitative estimate of drug-likeness (QED) is 0.328. The first-order valence-corrected chi connectivity index (χ1v) is 0.565. The van der Waals surface area contributed by atoms with Gasteiger partial charge in [0.15, 0.2) is 0 Å². The van der Waals surface area contributed by atoms with E-state index in [1.165, 1.54) is 0 Å². The Labute approximate surface area is 92.0 Å². The second-order valence-electron chi connectivity index (χ2n) is 0.238. The third-order valence-electron chi connectivity index (χ3n) is 0. The maximum absolute atomic E-state index is 8.36. The van der Waals surface area contributed by atoms with Crippen molar-refractivity contribution in [1.82, 2.24) is 0 Å². The molecular weight excluding hydrogens is 241 g/mol. The molecule has 0 aliphatic carbocycles. The van der Waals surface area contributed by atoms with Gasteiger partial charge in [-0.15, -0.1) is 10.1 Å². The van der Waals surface area contributed by atoms with Crippen LogP contribution in [0.1, 0.15) is 0 Å². The van der Waals surface area contributed by atoms with Gasteiger partial charge in [0.05, 0.1) is 0 Å². The molecule has 1 radical (unpaired) electrons. The molecule has 0 aromatic carbocycles. The summed E-state index contributed by atoms with van der Waals surface area (Å²) in [6.45, 7) is 0. The predicted molar refractivity (Wildman–Crippen MR) is 17.3 cm³/mol. The minimum absolute atomic E-state index is 0. The minimum Gasteiger partial charge on any atom is 0 e. The van der Waals surface area contributed by atoms with Crippen molar-refractivity contribution in [1.29, 1.82) is 0 Å². The van der Waals surface area contributed by atoms with E-state index in [1.54, 1.807) is 0 Å². The fraction of sp³-hybridized carbons (Fsp3) is 0. The van der Waals surface area contributed by atoms with Gasteiger partial charge in [0, 0.05) is 35.6 Å². The van der Waals surface area contributed by atoms with Crippen LogP contribution in [-0.4, -0.2) is 48.0 Å². The zero-order chi connectivity index (χ0) is 3.58. The van der Waals surface area contributed by atoms with Gasteiger partial charge < -0.3 is 5.21 Å². The minimum atomic E-state index is -1.50. The van der Waals surface area contributed by atoms with Gasteiger partial charge in [-0.2, -0.15) is 0 Å². The van der Waals surface area contributed by atoms with Gasteiger partial charge in [0.1, 0.15) is 0 Å². The van der Waals surface area contributed by atoms with Gasteiger partial charge in [0.2, 0.25) is 0 Å². The van der Waals surface area contributed by atoms with E-state index < -0.39 is 5.09 Å². The molecule has 6 heavy (non-hydrogen) atoms. The molecule has 0 heterocycles. The first-order valence-electron chi connectivity index (χ1n) is 0.565. The van der Waals surface area contributed by atoms with Crippen LogP contribution in [0.2, 0.25) is 0 Å². The SMILES string of the molecule is O=[N+]([O-])O.[CaH2].[La]. The van der Waals surface area contributed by atoms with Gasteiger partial charge in [-0.3, -0.25) is 0 Å². The zero-order valence-electron chi connectivity index (χ0n) is 2.29. The van der Waals surface area contributed by atoms with Gasteiger partial charge >= 0.3 is 37.7 Å². The molecule has 0 saturated heterocycles. The summed E-state index contributed by atoms with van der Waals surface area (Å²) in [5.41, 5.74) is 0. The first-order chi connectivity index (χ1) is 1.73. The summed E-state index contributed by atoms with van der Waals surface area (Å²) in [7, 11) is 0. The largest absolute Gasteiger partial charge is 0 e. The molecule has 6 heteroatoms. The van der Waals surface area contributed by atoms with Crippen molar-refractivity contribution in [2.45, 2.75) is 0 Å². The fourth-order valence-electron chi connectivity index (χ4n) is 0. The molecule has 4 nitrogen and oxygen atoms in total. The molecule has 0 spiro atoms. The summed E-state index contributed by atoms with van der Waals surface area (Å²) in [4.78, 5) is 8.36. The summed E-state index contributed by atoms with van der Waals surface area (Å²) < 4.78 is 0. The van der Waals surface area contributed by atoms with Gasteiger partial charge in [-0.25, -0.2) is 0 Å². The van der Waals surface area contributed by atoms with Gasteiger partial charge in [-0.05, 0) is 0 Å². The van der Waals surface area contributed by atoms with Gasteiger partial charge in [-0.1, -0.05) is 0 Å². The van der Waals surface area contributed by atoms with Crippen molar-refractivity contribution in [3.8, 4) is 0 Å². The van der Waals surface area contributed by atoms with E-state index in [0.717, 1.165) is 0 Å². The molecule has 0 atom stereocenters. The van der Waals surface area contributed by atoms with Crippen LogP contribution >= 0.6 is 0 Å². The van der Waals surface area contributed by atoms with Crippen molar-refractivity contribution in [3.63, 3.8) is 0 Å². The smallest absolute Gasteiger partial charge is 0 e. The van der Waals surface area contributed by atoms with Gasteiger partial charge in [0.25, 0.3) is 5.09 Å². The Morgan fingerprint density at radius 2 is 1.67 bits per heavy atom. The summed E-state index contributed by atoms with van der Waals surface area (Å²) in [6.07, 6.45) is 0. The third kappa shape index (κ3) is 44.8. The summed E-state index contributed by atoms with van der Waals surface area (Å²) in [5.74, 6) is 0. The maximum Gasteiger partial charge on any atom is 0 e. The number of rotatable bonds is 0. The molecule has 0 saturated carbocycles. The second-order valence-corrected chi connectivity index (χ2v) is 0.238. The predicted octanol–water partition coefficient (Wildman–Crippen LogP) is -1.26. The third-order valence-corrected chi connectivity index (χ3v) is 0. The van der Waals surface area contributed by atoms with E-state index in [-0.39, 0.29) is 73.3 Å². The van der Waals surface area contributed by atoms with Crippen molar-refractivity contribution in [2.24, 2.45) is 0 Å². The normalized spacial score (nSPS) is 4.00. The van der Waals surface area contributed by atoms with Crippen LogP contribution in [0.3, 0.4) is 0 Å². The Kier molecular flexibility index (Phi) is 25.6. The average Bonchev–Trinajstić information content (AvgIpc) is 0.811. The summed E-state index contributed by atoms with van der Waals surface area (Å²) in [5, 5.41) is 13.6. The number of hydrogen-bond donors (Lipinski definition) is 1. The molecule has 1 N–H and O–H groups in total. The Balaban J connectivity index is -0.0000000450. The second kappa shape index (κ2) is 9.82. The monoisotopic (exact) mass is 244 g/mol. The van der Waals surface area contributed by atoms with E-state index in [0.29, 0.717) is 0 Å². The first kappa shape index (κ1) is 15.6. The van der Waals surface area contributed by atoms with Crippen LogP contribution in [0, 0.1) is 45.7 Å². The summed E-state index contributed by atoms with van der Waals surface area (Å²) in [6, 6.07) is 0. The van der Waals surface area contributed by atoms with Crippen LogP contribution in [0.4, 0.5) is 0 Å². The van der Waals surface area contributed by atoms with Crippen LogP contribution in [0.15, 0.2) is 0 Å². The maximum atomic E-state index is 8.36. The van der Waals surface area contributed by atoms with E-state index in [4.69, 9.17) is 15.3 Å². The van der Waals surface area contributed by atoms with E-state index >= 15 is 0 Å². The summed E-state index contributed by atoms with van der Waals surface area (Å²) >= 11 is 0. The molecule has 0 aromatic rings. The molecule has 31 valence electrons. The standard InChI is InChI=1S/Ca.La.HNO3.2H/c;;2-1(3)4;;/h;;(H,2,3,4);;. The topological polar surface area (TPSA) is 63.4 Å². The number of nitrogens with zero attached hydrogens (tertiary/aromatic N) is 1. The van der Waals surface area contributed by atoms with Crippen molar-refractivity contribution < 1.29 is 45.9 Å². The molecule has 0 aliphatic rings. The molecule has 0 bridgehead atoms. The van der Waals surface area contributed by atoms with E-state index in [9.17, 15) is 0 Å². The molecule has 0 fully saturated rings. The molecular formula is H3CaLaNO3. The van der Waals surface area contributed by atoms with Crippen LogP contribution in [0.5, 0.6) is 0 Å². The Morgan fingerprint density at radius 1 is 1.67 bits per heavy atom. The molecule has 0 unspecified atom stereocenters. The average molecular weight is 244 g/mol. The zero-order valence-corrected chi connectivity index (χ0v) is 5.91. The van der Waals surface area contributed by atoms with Crippen molar-refractivity contribution >= 4 is 37.7 Å². The van der Waals surface area contributed by atoms with Crippen molar-refractivity contribution in [3.05, 3.63) is 10.1 Å². The molecule has 0 rings (SSSR count). The number of hydrogen-bond acceptors (Lipinski definition) is 2. The van der Waals surface area contributed by atoms with Crippen LogP contribution in [0.25, 0.3) is 0 Å². The van der Waals surface area contributed by atoms with E-state index in [1.807, 2.05) is 0 Å². The molecule has 0 aliphatic heterocycles. The molecule has 0 amide bonds. The Morgan fingerprint density at radius 3 is 1.67 bits per heavy atom. The van der Waals surface area contributed by atoms with Crippen LogP contribution in [-0.2, 0) is 0 Å². The Bertz CT molecular complexity index is 33.8. The van der Waals surface area contributed by atoms with E-state index in [2.05, 4.69) is 0 Å². The Hall–Kier alpha value is 1.65. The van der Waals surface area contributed by atoms with Crippen LogP contribution < -0.4 is 0 Å². The molecule has 0 aromatic heterocycles. The van der Waals surface area contributed by atoms with Crippen molar-refractivity contribution in [2.75, 3.05) is 0 Å². The fourth-order valence-corrected chi connectivity index (χ4v) is 0.